The lowest BCUT2D eigenvalue weighted by Gasteiger charge is -2.33. The van der Waals surface area contributed by atoms with Crippen molar-refractivity contribution in [1.82, 2.24) is 0 Å². The minimum absolute atomic E-state index is 0.285. The molecule has 1 aromatic carbocycles. The van der Waals surface area contributed by atoms with Crippen LogP contribution in [0.1, 0.15) is 12.8 Å². The number of hydrogen-bond donors (Lipinski definition) is 0. The number of benzene rings is 1. The second kappa shape index (κ2) is 5.97. The molecule has 0 aliphatic carbocycles. The van der Waals surface area contributed by atoms with Gasteiger partial charge < -0.3 is 9.64 Å². The van der Waals surface area contributed by atoms with Crippen molar-refractivity contribution in [2.45, 2.75) is 18.9 Å². The minimum Gasteiger partial charge on any atom is -0.494 e. The van der Waals surface area contributed by atoms with Crippen LogP contribution in [0.15, 0.2) is 18.2 Å². The number of nitrogens with zero attached hydrogens (tertiary/aromatic N) is 1. The van der Waals surface area contributed by atoms with Crippen LogP contribution in [0.2, 0.25) is 0 Å². The summed E-state index contributed by atoms with van der Waals surface area (Å²) in [7, 11) is -1.92. The first kappa shape index (κ1) is 15.1. The summed E-state index contributed by atoms with van der Waals surface area (Å²) in [5.74, 6) is 0.133. The summed E-state index contributed by atoms with van der Waals surface area (Å²) < 4.78 is 45.5. The third-order valence-corrected chi connectivity index (χ3v) is 3.86. The van der Waals surface area contributed by atoms with E-state index < -0.39 is 10.1 Å². The summed E-state index contributed by atoms with van der Waals surface area (Å²) in [5, 5.41) is 0. The predicted octanol–water partition coefficient (Wildman–Crippen LogP) is 1.78. The van der Waals surface area contributed by atoms with Crippen molar-refractivity contribution in [3.63, 3.8) is 0 Å². The number of ether oxygens (including phenoxy) is 1. The standard InChI is InChI=1S/C13H18FNO4S/c1-18-13-9-10(14)3-4-12(13)15-7-5-11(6-8-15)19-20(2,16)17/h3-4,9,11H,5-8H2,1-2H3. The third kappa shape index (κ3) is 3.83. The zero-order valence-corrected chi connectivity index (χ0v) is 12.3. The van der Waals surface area contributed by atoms with E-state index >= 15 is 0 Å². The first-order chi connectivity index (χ1) is 9.39. The highest BCUT2D eigenvalue weighted by molar-refractivity contribution is 7.86. The van der Waals surface area contributed by atoms with Crippen molar-refractivity contribution in [3.05, 3.63) is 24.0 Å². The van der Waals surface area contributed by atoms with Crippen LogP contribution in [0.25, 0.3) is 0 Å². The van der Waals surface area contributed by atoms with Crippen LogP contribution in [0.3, 0.4) is 0 Å². The molecule has 5 nitrogen and oxygen atoms in total. The SMILES string of the molecule is COc1cc(F)ccc1N1CCC(OS(C)(=O)=O)CC1. The molecule has 0 aromatic heterocycles. The van der Waals surface area contributed by atoms with Gasteiger partial charge in [0.1, 0.15) is 11.6 Å². The Morgan fingerprint density at radius 2 is 1.95 bits per heavy atom. The first-order valence-electron chi connectivity index (χ1n) is 6.36. The Hall–Kier alpha value is -1.34. The van der Waals surface area contributed by atoms with E-state index in [0.29, 0.717) is 31.7 Å². The van der Waals surface area contributed by atoms with E-state index in [4.69, 9.17) is 8.92 Å². The molecule has 0 N–H and O–H groups in total. The van der Waals surface area contributed by atoms with Gasteiger partial charge in [0.2, 0.25) is 0 Å². The van der Waals surface area contributed by atoms with Crippen molar-refractivity contribution in [3.8, 4) is 5.75 Å². The quantitative estimate of drug-likeness (QED) is 0.794. The van der Waals surface area contributed by atoms with Crippen LogP contribution in [0.4, 0.5) is 10.1 Å². The Bertz CT molecular complexity index is 568. The molecule has 0 saturated carbocycles. The van der Waals surface area contributed by atoms with E-state index in [9.17, 15) is 12.8 Å². The lowest BCUT2D eigenvalue weighted by molar-refractivity contribution is 0.180. The summed E-state index contributed by atoms with van der Waals surface area (Å²) in [5.41, 5.74) is 0.812. The average molecular weight is 303 g/mol. The topological polar surface area (TPSA) is 55.8 Å². The van der Waals surface area contributed by atoms with Gasteiger partial charge in [0.15, 0.2) is 0 Å². The normalized spacial score (nSPS) is 17.2. The van der Waals surface area contributed by atoms with Gasteiger partial charge in [0, 0.05) is 19.2 Å². The maximum absolute atomic E-state index is 13.2. The van der Waals surface area contributed by atoms with Crippen molar-refractivity contribution in [2.24, 2.45) is 0 Å². The number of piperidine rings is 1. The maximum Gasteiger partial charge on any atom is 0.264 e. The summed E-state index contributed by atoms with van der Waals surface area (Å²) in [6, 6.07) is 4.40. The smallest absolute Gasteiger partial charge is 0.264 e. The fourth-order valence-electron chi connectivity index (χ4n) is 2.35. The second-order valence-electron chi connectivity index (χ2n) is 4.80. The fraction of sp³-hybridized carbons (Fsp3) is 0.538. The third-order valence-electron chi connectivity index (χ3n) is 3.24. The average Bonchev–Trinajstić information content (AvgIpc) is 2.38. The summed E-state index contributed by atoms with van der Waals surface area (Å²) in [6.45, 7) is 1.28. The first-order valence-corrected chi connectivity index (χ1v) is 8.17. The molecule has 0 spiro atoms. The van der Waals surface area contributed by atoms with Crippen LogP contribution in [-0.4, -0.2) is 41.0 Å². The molecule has 20 heavy (non-hydrogen) atoms. The van der Waals surface area contributed by atoms with E-state index in [1.807, 2.05) is 4.90 Å². The van der Waals surface area contributed by atoms with Gasteiger partial charge in [0.25, 0.3) is 10.1 Å². The molecule has 0 amide bonds. The summed E-state index contributed by atoms with van der Waals surface area (Å²) in [6.07, 6.45) is 1.98. The van der Waals surface area contributed by atoms with Crippen LogP contribution in [-0.2, 0) is 14.3 Å². The molecular formula is C13H18FNO4S. The van der Waals surface area contributed by atoms with Crippen molar-refractivity contribution < 1.29 is 21.7 Å². The monoisotopic (exact) mass is 303 g/mol. The van der Waals surface area contributed by atoms with Crippen LogP contribution in [0, 0.1) is 5.82 Å². The number of hydrogen-bond acceptors (Lipinski definition) is 5. The Balaban J connectivity index is 2.04. The minimum atomic E-state index is -3.42. The molecule has 2 rings (SSSR count). The molecule has 1 aromatic rings. The van der Waals surface area contributed by atoms with E-state index in [2.05, 4.69) is 0 Å². The largest absolute Gasteiger partial charge is 0.494 e. The van der Waals surface area contributed by atoms with Gasteiger partial charge in [-0.25, -0.2) is 4.39 Å². The molecule has 1 heterocycles. The molecule has 1 saturated heterocycles. The Morgan fingerprint density at radius 3 is 2.50 bits per heavy atom. The van der Waals surface area contributed by atoms with Crippen molar-refractivity contribution in [1.29, 1.82) is 0 Å². The van der Waals surface area contributed by atoms with Crippen LogP contribution < -0.4 is 9.64 Å². The highest BCUT2D eigenvalue weighted by atomic mass is 32.2. The molecule has 112 valence electrons. The zero-order chi connectivity index (χ0) is 14.8. The summed E-state index contributed by atoms with van der Waals surface area (Å²) in [4.78, 5) is 2.04. The van der Waals surface area contributed by atoms with Gasteiger partial charge in [-0.3, -0.25) is 4.18 Å². The molecule has 0 unspecified atom stereocenters. The molecule has 7 heteroatoms. The predicted molar refractivity (Wildman–Crippen MR) is 74.1 cm³/mol. The van der Waals surface area contributed by atoms with Crippen molar-refractivity contribution >= 4 is 15.8 Å². The van der Waals surface area contributed by atoms with Gasteiger partial charge in [0.05, 0.1) is 25.2 Å². The number of methoxy groups -OCH3 is 1. The molecular weight excluding hydrogens is 285 g/mol. The molecule has 1 aliphatic heterocycles. The van der Waals surface area contributed by atoms with E-state index in [1.165, 1.54) is 19.2 Å². The zero-order valence-electron chi connectivity index (χ0n) is 11.5. The Morgan fingerprint density at radius 1 is 1.30 bits per heavy atom. The molecule has 1 aliphatic rings. The fourth-order valence-corrected chi connectivity index (χ4v) is 3.04. The lowest BCUT2D eigenvalue weighted by atomic mass is 10.1. The lowest BCUT2D eigenvalue weighted by Crippen LogP contribution is -2.37. The number of rotatable bonds is 4. The Labute approximate surface area is 118 Å². The van der Waals surface area contributed by atoms with Gasteiger partial charge >= 0.3 is 0 Å². The highest BCUT2D eigenvalue weighted by Gasteiger charge is 2.24. The maximum atomic E-state index is 13.2. The van der Waals surface area contributed by atoms with Crippen LogP contribution in [0.5, 0.6) is 5.75 Å². The van der Waals surface area contributed by atoms with Crippen molar-refractivity contribution in [2.75, 3.05) is 31.4 Å². The van der Waals surface area contributed by atoms with Gasteiger partial charge in [-0.1, -0.05) is 0 Å². The number of halogens is 1. The highest BCUT2D eigenvalue weighted by Crippen LogP contribution is 2.31. The molecule has 0 radical (unpaired) electrons. The van der Waals surface area contributed by atoms with Gasteiger partial charge in [-0.2, -0.15) is 8.42 Å². The molecule has 0 atom stereocenters. The Kier molecular flexibility index (Phi) is 4.49. The van der Waals surface area contributed by atoms with Gasteiger partial charge in [-0.15, -0.1) is 0 Å². The second-order valence-corrected chi connectivity index (χ2v) is 6.40. The van der Waals surface area contributed by atoms with E-state index in [0.717, 1.165) is 11.9 Å². The van der Waals surface area contributed by atoms with E-state index in [-0.39, 0.29) is 11.9 Å². The van der Waals surface area contributed by atoms with E-state index in [1.54, 1.807) is 6.07 Å². The summed E-state index contributed by atoms with van der Waals surface area (Å²) >= 11 is 0. The van der Waals surface area contributed by atoms with Crippen LogP contribution >= 0.6 is 0 Å². The molecule has 1 fully saturated rings. The van der Waals surface area contributed by atoms with Gasteiger partial charge in [-0.05, 0) is 25.0 Å². The number of anilines is 1. The molecule has 0 bridgehead atoms.